The molecule has 33 heteroatoms. The number of phenols is 3. The summed E-state index contributed by atoms with van der Waals surface area (Å²) in [7, 11) is 9.11. The summed E-state index contributed by atoms with van der Waals surface area (Å²) >= 11 is 12.3. The minimum absolute atomic E-state index is 0. The predicted octanol–water partition coefficient (Wildman–Crippen LogP) is 0.563. The van der Waals surface area contributed by atoms with Crippen LogP contribution in [0.1, 0.15) is 85.3 Å². The van der Waals surface area contributed by atoms with E-state index in [9.17, 15) is 120 Å². The van der Waals surface area contributed by atoms with Gasteiger partial charge in [0, 0.05) is 73.4 Å². The Morgan fingerprint density at radius 3 is 0.990 bits per heavy atom. The summed E-state index contributed by atoms with van der Waals surface area (Å²) in [5.41, 5.74) is 2.63. The second-order valence-electron chi connectivity index (χ2n) is 25.3. The van der Waals surface area contributed by atoms with Gasteiger partial charge in [0.2, 0.25) is 17.3 Å². The summed E-state index contributed by atoms with van der Waals surface area (Å²) in [6.45, 7) is 0. The van der Waals surface area contributed by atoms with Gasteiger partial charge >= 0.3 is 0 Å². The Morgan fingerprint density at radius 1 is 0.438 bits per heavy atom. The molecule has 3 amide bonds. The van der Waals surface area contributed by atoms with Crippen LogP contribution in [-0.2, 0) is 28.8 Å². The van der Waals surface area contributed by atoms with Gasteiger partial charge in [-0.25, -0.2) is 0 Å². The number of carbonyl (C=O) groups excluding carboxylic acids is 9. The van der Waals surface area contributed by atoms with Crippen LogP contribution < -0.4 is 17.2 Å². The monoisotopic (exact) mass is 1390 g/mol. The fourth-order valence-electron chi connectivity index (χ4n) is 15.7. The van der Waals surface area contributed by atoms with Gasteiger partial charge in [0.15, 0.2) is 34.2 Å². The van der Waals surface area contributed by atoms with Crippen molar-refractivity contribution in [3.05, 3.63) is 154 Å². The molecule has 30 nitrogen and oxygen atoms in total. The lowest BCUT2D eigenvalue weighted by Gasteiger charge is -2.50. The van der Waals surface area contributed by atoms with E-state index in [2.05, 4.69) is 0 Å². The Balaban J connectivity index is 0.000000168. The minimum Gasteiger partial charge on any atom is -0.510 e. The van der Waals surface area contributed by atoms with Gasteiger partial charge < -0.3 is 93.8 Å². The smallest absolute Gasteiger partial charge is 0.255 e. The fraction of sp³-hybridized carbons (Fsp3) is 0.381. The number of hydrogen-bond acceptors (Lipinski definition) is 27. The highest BCUT2D eigenvalue weighted by Gasteiger charge is 2.68. The van der Waals surface area contributed by atoms with Crippen molar-refractivity contribution in [3.63, 3.8) is 0 Å². The molecule has 0 radical (unpaired) electrons. The number of primary amides is 3. The van der Waals surface area contributed by atoms with E-state index in [0.717, 1.165) is 12.1 Å². The molecule has 3 aromatic rings. The molecule has 12 rings (SSSR count). The number of halogens is 3. The minimum atomic E-state index is -2.77. The molecule has 9 aliphatic rings. The zero-order chi connectivity index (χ0) is 70.7. The first-order valence-corrected chi connectivity index (χ1v) is 29.7. The van der Waals surface area contributed by atoms with Crippen LogP contribution in [0.5, 0.6) is 17.2 Å². The summed E-state index contributed by atoms with van der Waals surface area (Å²) in [5, 5.41) is 163. The van der Waals surface area contributed by atoms with Gasteiger partial charge in [0.05, 0.1) is 53.1 Å². The first kappa shape index (κ1) is 71.5. The molecule has 9 aliphatic carbocycles. The Morgan fingerprint density at radius 2 is 0.708 bits per heavy atom. The largest absolute Gasteiger partial charge is 0.510 e. The van der Waals surface area contributed by atoms with E-state index in [-0.39, 0.29) is 75.1 Å². The highest BCUT2D eigenvalue weighted by molar-refractivity contribution is 6.34. The van der Waals surface area contributed by atoms with Crippen LogP contribution in [0.2, 0.25) is 10.0 Å². The average molecular weight is 1400 g/mol. The van der Waals surface area contributed by atoms with Crippen molar-refractivity contribution < 1.29 is 120 Å². The number of carbonyl (C=O) groups is 9. The second kappa shape index (κ2) is 24.4. The summed E-state index contributed by atoms with van der Waals surface area (Å²) < 4.78 is 0. The maximum atomic E-state index is 13.3. The van der Waals surface area contributed by atoms with E-state index in [0.29, 0.717) is 0 Å². The Kier molecular flexibility index (Phi) is 18.2. The lowest BCUT2D eigenvalue weighted by molar-refractivity contribution is -0.150. The number of hydrogen-bond donors (Lipinski definition) is 18. The Bertz CT molecular complexity index is 4090. The van der Waals surface area contributed by atoms with Gasteiger partial charge in [-0.15, -0.1) is 12.4 Å². The van der Waals surface area contributed by atoms with Crippen LogP contribution in [0.25, 0.3) is 0 Å². The quantitative estimate of drug-likeness (QED) is 0.150. The van der Waals surface area contributed by atoms with Gasteiger partial charge in [-0.05, 0) is 97.4 Å². The number of benzene rings is 3. The molecule has 0 unspecified atom stereocenters. The van der Waals surface area contributed by atoms with E-state index in [1.807, 2.05) is 0 Å². The number of likely N-dealkylation sites (N-methyl/N-ethyl adjacent to an activating group) is 3. The molecule has 512 valence electrons. The van der Waals surface area contributed by atoms with Crippen molar-refractivity contribution in [1.29, 1.82) is 0 Å². The first-order valence-electron chi connectivity index (χ1n) is 29.0. The Hall–Kier alpha value is -8.76. The maximum absolute atomic E-state index is 13.3. The van der Waals surface area contributed by atoms with Gasteiger partial charge in [0.25, 0.3) is 17.7 Å². The van der Waals surface area contributed by atoms with Gasteiger partial charge in [-0.1, -0.05) is 35.3 Å². The second-order valence-corrected chi connectivity index (χ2v) is 26.1. The summed E-state index contributed by atoms with van der Waals surface area (Å²) in [6.07, 6.45) is -4.92. The molecule has 0 aromatic heterocycles. The molecule has 21 N–H and O–H groups in total. The molecule has 3 aromatic carbocycles. The summed E-state index contributed by atoms with van der Waals surface area (Å²) in [4.78, 5) is 119. The SMILES string of the molecule is CN(C)[C@@H]1C(O)=C(C(N)=O)C(=O)[C@@]2(O)C(O)=C3C(=O)c4c(O)ccc(Cl)c4[C@@H](O)[C@H]3C[C@@H]12.CN(C)[C@@H]1C(O)=C(C(N)=O)C(=O)[C@@]2(O)C(O)=C3C(=O)c4c(O)ccc(Cl)c4[C@@H](O)[C@H]3C[C@@H]12.CN(C)[C@@H]1C(O)=C(C(N)=O)C(=O)[C@@]2(O)C(O)=C3C(=O)c4c(O)cccc4[C@@H](O)[C@H]3C[C@@H]12.Cl. The van der Waals surface area contributed by atoms with Crippen molar-refractivity contribution >= 4 is 88.0 Å². The van der Waals surface area contributed by atoms with Crippen LogP contribution in [0, 0.1) is 35.5 Å². The van der Waals surface area contributed by atoms with Gasteiger partial charge in [-0.2, -0.15) is 0 Å². The number of aliphatic hydroxyl groups excluding tert-OH is 9. The molecule has 96 heavy (non-hydrogen) atoms. The molecule has 0 bridgehead atoms. The van der Waals surface area contributed by atoms with Crippen molar-refractivity contribution in [3.8, 4) is 17.2 Å². The third-order valence-electron chi connectivity index (χ3n) is 19.9. The van der Waals surface area contributed by atoms with E-state index >= 15 is 0 Å². The number of ketones is 6. The van der Waals surface area contributed by atoms with E-state index < -0.39 is 226 Å². The highest BCUT2D eigenvalue weighted by Crippen LogP contribution is 2.59. The number of rotatable bonds is 6. The number of Topliss-reactive ketones (excluding diaryl/α,β-unsaturated/α-hetero) is 6. The van der Waals surface area contributed by atoms with Crippen molar-refractivity contribution in [2.24, 2.45) is 52.7 Å². The maximum Gasteiger partial charge on any atom is 0.255 e. The molecule has 0 spiro atoms. The topological polar surface area (TPSA) is 545 Å². The van der Waals surface area contributed by atoms with Crippen LogP contribution in [0.4, 0.5) is 0 Å². The molecule has 0 fully saturated rings. The standard InChI is InChI=1S/2C21H21ClN2O8.C21H22N2O8.ClH/c2*1-24(2)14-7-5-6-10(16(27)12-9(25)4-3-8(22)11(12)15(6)26)18(29)21(7,32)19(30)13(17(14)28)20(23)31;1-23(2)14-9-6-8-12(16(26)11-7(15(8)25)4-3-5-10(11)24)18(28)21(9,31)19(29)13(17(14)27)20(22)30;/h2*3-4,6-7,14-15,25-26,28-29,32H,5H2,1-2H3,(H2,23,31);3-5,8-9,14-15,24-25,27-28,31H,6H2,1-2H3,(H2,22,30);1H/t2*6-,7-,14-,15-,21-;8-,9-,14-,15+,21-;/m000./s1. The number of nitrogens with two attached hydrogens (primary N) is 3. The first-order chi connectivity index (χ1) is 44.1. The van der Waals surface area contributed by atoms with Crippen molar-refractivity contribution in [2.45, 2.75) is 72.5 Å². The zero-order valence-electron chi connectivity index (χ0n) is 51.2. The number of aromatic hydroxyl groups is 3. The van der Waals surface area contributed by atoms with E-state index in [4.69, 9.17) is 40.4 Å². The van der Waals surface area contributed by atoms with E-state index in [1.165, 1.54) is 87.3 Å². The molecule has 0 saturated carbocycles. The lowest BCUT2D eigenvalue weighted by Crippen LogP contribution is -2.64. The molecule has 15 atom stereocenters. The third kappa shape index (κ3) is 9.74. The number of fused-ring (bicyclic) bond motifs is 9. The summed E-state index contributed by atoms with van der Waals surface area (Å²) in [5.74, 6) is -24.1. The van der Waals surface area contributed by atoms with E-state index in [1.54, 1.807) is 0 Å². The molecule has 0 aliphatic heterocycles. The number of nitrogens with zero attached hydrogens (tertiary/aromatic N) is 3. The Labute approximate surface area is 558 Å². The summed E-state index contributed by atoms with van der Waals surface area (Å²) in [6, 6.07) is 5.65. The van der Waals surface area contributed by atoms with Crippen molar-refractivity contribution in [2.75, 3.05) is 42.3 Å². The zero-order valence-corrected chi connectivity index (χ0v) is 53.5. The number of phenolic OH excluding ortho intramolecular Hbond substituents is 3. The normalized spacial score (nSPS) is 31.9. The van der Waals surface area contributed by atoms with Crippen molar-refractivity contribution in [1.82, 2.24) is 14.7 Å². The van der Waals surface area contributed by atoms with Crippen LogP contribution in [0.3, 0.4) is 0 Å². The average Bonchev–Trinajstić information content (AvgIpc) is 0.709. The third-order valence-corrected chi connectivity index (χ3v) is 20.5. The van der Waals surface area contributed by atoms with Gasteiger partial charge in [-0.3, -0.25) is 57.9 Å². The van der Waals surface area contributed by atoms with Crippen LogP contribution in [0.15, 0.2) is 110 Å². The van der Waals surface area contributed by atoms with Crippen LogP contribution in [-0.4, -0.2) is 221 Å². The van der Waals surface area contributed by atoms with Gasteiger partial charge in [0.1, 0.15) is 68.5 Å². The van der Waals surface area contributed by atoms with Crippen LogP contribution >= 0.6 is 35.6 Å². The predicted molar refractivity (Wildman–Crippen MR) is 332 cm³/mol. The molecular weight excluding hydrogens is 1330 g/mol. The molecular formula is C63H65Cl3N6O24. The molecule has 0 heterocycles. The highest BCUT2D eigenvalue weighted by atomic mass is 35.5. The molecule has 0 saturated heterocycles. The number of amides is 3. The lowest BCUT2D eigenvalue weighted by atomic mass is 9.58. The fourth-order valence-corrected chi connectivity index (χ4v) is 16.2. The number of aliphatic hydroxyl groups is 12.